The van der Waals surface area contributed by atoms with Crippen molar-refractivity contribution in [3.8, 4) is 0 Å². The molecule has 0 saturated carbocycles. The summed E-state index contributed by atoms with van der Waals surface area (Å²) in [5.74, 6) is 0.514. The van der Waals surface area contributed by atoms with Crippen molar-refractivity contribution in [1.82, 2.24) is 15.0 Å². The molecule has 0 radical (unpaired) electrons. The van der Waals surface area contributed by atoms with Crippen molar-refractivity contribution in [3.63, 3.8) is 0 Å². The van der Waals surface area contributed by atoms with Crippen LogP contribution in [-0.4, -0.2) is 21.5 Å². The van der Waals surface area contributed by atoms with Crippen LogP contribution >= 0.6 is 23.2 Å². The summed E-state index contributed by atoms with van der Waals surface area (Å²) in [5, 5.41) is 0.242. The van der Waals surface area contributed by atoms with E-state index in [1.165, 1.54) is 11.1 Å². The summed E-state index contributed by atoms with van der Waals surface area (Å²) in [6.45, 7) is 2.94. The molecule has 0 fully saturated rings. The number of aromatic nitrogens is 3. The molecule has 19 heavy (non-hydrogen) atoms. The molecule has 0 aliphatic carbocycles. The summed E-state index contributed by atoms with van der Waals surface area (Å²) in [4.78, 5) is 14.2. The van der Waals surface area contributed by atoms with Crippen LogP contribution in [0.15, 0.2) is 18.2 Å². The zero-order valence-corrected chi connectivity index (χ0v) is 11.9. The Bertz CT molecular complexity index is 610. The quantitative estimate of drug-likeness (QED) is 0.806. The minimum absolute atomic E-state index is 0.121. The van der Waals surface area contributed by atoms with Gasteiger partial charge in [0.25, 0.3) is 0 Å². The number of hydrogen-bond acceptors (Lipinski definition) is 4. The molecule has 2 heterocycles. The summed E-state index contributed by atoms with van der Waals surface area (Å²) in [6, 6.07) is 6.30. The van der Waals surface area contributed by atoms with Crippen molar-refractivity contribution in [2.75, 3.05) is 11.4 Å². The second kappa shape index (κ2) is 4.94. The number of rotatable bonds is 1. The lowest BCUT2D eigenvalue weighted by atomic mass is 9.99. The van der Waals surface area contributed by atoms with Crippen LogP contribution < -0.4 is 4.90 Å². The number of nitrogens with zero attached hydrogens (tertiary/aromatic N) is 4. The lowest BCUT2D eigenvalue weighted by Crippen LogP contribution is -2.27. The van der Waals surface area contributed by atoms with Gasteiger partial charge < -0.3 is 4.90 Å². The van der Waals surface area contributed by atoms with Gasteiger partial charge in [-0.2, -0.15) is 15.0 Å². The highest BCUT2D eigenvalue weighted by Gasteiger charge is 2.22. The van der Waals surface area contributed by atoms with Gasteiger partial charge in [0.2, 0.25) is 16.5 Å². The van der Waals surface area contributed by atoms with Crippen LogP contribution in [0.1, 0.15) is 17.5 Å². The van der Waals surface area contributed by atoms with Gasteiger partial charge in [0.05, 0.1) is 0 Å². The fourth-order valence-corrected chi connectivity index (χ4v) is 2.84. The molecule has 1 aliphatic rings. The highest BCUT2D eigenvalue weighted by Crippen LogP contribution is 2.34. The third-order valence-corrected chi connectivity index (χ3v) is 3.57. The van der Waals surface area contributed by atoms with Gasteiger partial charge in [-0.25, -0.2) is 0 Å². The molecule has 0 bridgehead atoms. The van der Waals surface area contributed by atoms with E-state index < -0.39 is 0 Å². The predicted octanol–water partition coefficient (Wildman–Crippen LogP) is 3.57. The second-order valence-corrected chi connectivity index (χ2v) is 5.19. The normalized spacial score (nSPS) is 14.4. The van der Waals surface area contributed by atoms with Gasteiger partial charge in [-0.15, -0.1) is 0 Å². The zero-order chi connectivity index (χ0) is 13.4. The number of anilines is 2. The maximum Gasteiger partial charge on any atom is 0.235 e. The Morgan fingerprint density at radius 3 is 2.58 bits per heavy atom. The Morgan fingerprint density at radius 2 is 1.84 bits per heavy atom. The predicted molar refractivity (Wildman–Crippen MR) is 76.4 cm³/mol. The Labute approximate surface area is 121 Å². The van der Waals surface area contributed by atoms with Crippen LogP contribution in [0.2, 0.25) is 10.6 Å². The molecule has 0 saturated heterocycles. The van der Waals surface area contributed by atoms with Gasteiger partial charge in [0.1, 0.15) is 0 Å². The summed E-state index contributed by atoms with van der Waals surface area (Å²) < 4.78 is 0. The first-order valence-electron chi connectivity index (χ1n) is 6.08. The number of halogens is 2. The van der Waals surface area contributed by atoms with Crippen molar-refractivity contribution in [3.05, 3.63) is 39.9 Å². The van der Waals surface area contributed by atoms with Crippen molar-refractivity contribution in [2.45, 2.75) is 19.8 Å². The van der Waals surface area contributed by atoms with E-state index in [0.29, 0.717) is 5.95 Å². The smallest absolute Gasteiger partial charge is 0.235 e. The number of benzene rings is 1. The maximum atomic E-state index is 5.86. The van der Waals surface area contributed by atoms with Gasteiger partial charge >= 0.3 is 0 Å². The minimum Gasteiger partial charge on any atom is -0.310 e. The molecule has 4 nitrogen and oxygen atoms in total. The molecule has 0 unspecified atom stereocenters. The maximum absolute atomic E-state index is 5.86. The first kappa shape index (κ1) is 12.6. The lowest BCUT2D eigenvalue weighted by Gasteiger charge is -2.30. The van der Waals surface area contributed by atoms with E-state index in [2.05, 4.69) is 45.0 Å². The van der Waals surface area contributed by atoms with Gasteiger partial charge in [-0.3, -0.25) is 0 Å². The fourth-order valence-electron chi connectivity index (χ4n) is 2.48. The Morgan fingerprint density at radius 1 is 1.11 bits per heavy atom. The van der Waals surface area contributed by atoms with E-state index in [1.54, 1.807) is 0 Å². The van der Waals surface area contributed by atoms with Crippen LogP contribution in [0, 0.1) is 6.92 Å². The molecule has 0 N–H and O–H groups in total. The SMILES string of the molecule is Cc1cccc2c1N(c1nc(Cl)nc(Cl)n1)CCC2. The second-order valence-electron chi connectivity index (χ2n) is 4.51. The number of para-hydroxylation sites is 1. The first-order chi connectivity index (χ1) is 9.15. The average molecular weight is 295 g/mol. The van der Waals surface area contributed by atoms with Gasteiger partial charge in [-0.1, -0.05) is 18.2 Å². The standard InChI is InChI=1S/C13H12Cl2N4/c1-8-4-2-5-9-6-3-7-19(10(8)9)13-17-11(14)16-12(15)18-13/h2,4-5H,3,6-7H2,1H3. The van der Waals surface area contributed by atoms with Crippen LogP contribution in [-0.2, 0) is 6.42 Å². The minimum atomic E-state index is 0.121. The lowest BCUT2D eigenvalue weighted by molar-refractivity contribution is 0.744. The van der Waals surface area contributed by atoms with Gasteiger partial charge in [-0.05, 0) is 54.1 Å². The number of aryl methyl sites for hydroxylation is 2. The summed E-state index contributed by atoms with van der Waals surface area (Å²) in [7, 11) is 0. The molecule has 0 amide bonds. The van der Waals surface area contributed by atoms with E-state index in [1.807, 2.05) is 0 Å². The monoisotopic (exact) mass is 294 g/mol. The average Bonchev–Trinajstić information content (AvgIpc) is 2.37. The molecule has 6 heteroatoms. The molecule has 1 aromatic carbocycles. The molecule has 1 aromatic heterocycles. The molecule has 2 aromatic rings. The summed E-state index contributed by atoms with van der Waals surface area (Å²) in [5.41, 5.74) is 3.66. The van der Waals surface area contributed by atoms with E-state index in [0.717, 1.165) is 25.1 Å². The summed E-state index contributed by atoms with van der Waals surface area (Å²) >= 11 is 11.7. The molecule has 98 valence electrons. The molecule has 3 rings (SSSR count). The van der Waals surface area contributed by atoms with Crippen LogP contribution in [0.25, 0.3) is 0 Å². The Kier molecular flexibility index (Phi) is 3.29. The molecular weight excluding hydrogens is 283 g/mol. The highest BCUT2D eigenvalue weighted by atomic mass is 35.5. The summed E-state index contributed by atoms with van der Waals surface area (Å²) in [6.07, 6.45) is 2.12. The zero-order valence-electron chi connectivity index (χ0n) is 10.4. The fraction of sp³-hybridized carbons (Fsp3) is 0.308. The largest absolute Gasteiger partial charge is 0.310 e. The molecule has 0 atom stereocenters. The third kappa shape index (κ3) is 2.38. The van der Waals surface area contributed by atoms with Crippen molar-refractivity contribution < 1.29 is 0 Å². The van der Waals surface area contributed by atoms with Crippen molar-refractivity contribution in [1.29, 1.82) is 0 Å². The van der Waals surface area contributed by atoms with Crippen molar-refractivity contribution in [2.24, 2.45) is 0 Å². The molecule has 1 aliphatic heterocycles. The highest BCUT2D eigenvalue weighted by molar-refractivity contribution is 6.31. The van der Waals surface area contributed by atoms with Crippen LogP contribution in [0.5, 0.6) is 0 Å². The van der Waals surface area contributed by atoms with E-state index in [9.17, 15) is 0 Å². The van der Waals surface area contributed by atoms with Crippen molar-refractivity contribution >= 4 is 34.8 Å². The van der Waals surface area contributed by atoms with E-state index in [-0.39, 0.29) is 10.6 Å². The Balaban J connectivity index is 2.13. The van der Waals surface area contributed by atoms with E-state index >= 15 is 0 Å². The molecular formula is C13H12Cl2N4. The van der Waals surface area contributed by atoms with Crippen LogP contribution in [0.3, 0.4) is 0 Å². The van der Waals surface area contributed by atoms with Gasteiger partial charge in [0, 0.05) is 12.2 Å². The Hall–Kier alpha value is -1.39. The third-order valence-electron chi connectivity index (χ3n) is 3.23. The number of hydrogen-bond donors (Lipinski definition) is 0. The van der Waals surface area contributed by atoms with E-state index in [4.69, 9.17) is 23.2 Å². The van der Waals surface area contributed by atoms with Gasteiger partial charge in [0.15, 0.2) is 0 Å². The topological polar surface area (TPSA) is 41.9 Å². The molecule has 0 spiro atoms. The van der Waals surface area contributed by atoms with Crippen LogP contribution in [0.4, 0.5) is 11.6 Å². The number of fused-ring (bicyclic) bond motifs is 1. The first-order valence-corrected chi connectivity index (χ1v) is 6.84.